The first kappa shape index (κ1) is 13.3. The summed E-state index contributed by atoms with van der Waals surface area (Å²) in [5.74, 6) is 0.00746. The smallest absolute Gasteiger partial charge is 0.251 e. The molecule has 0 unspecified atom stereocenters. The first-order chi connectivity index (χ1) is 9.31. The van der Waals surface area contributed by atoms with Gasteiger partial charge in [0, 0.05) is 12.1 Å². The summed E-state index contributed by atoms with van der Waals surface area (Å²) in [4.78, 5) is 11.9. The second-order valence-electron chi connectivity index (χ2n) is 4.55. The number of benzene rings is 2. The monoisotopic (exact) mass is 253 g/mol. The highest BCUT2D eigenvalue weighted by Gasteiger charge is 2.04. The van der Waals surface area contributed by atoms with Crippen LogP contribution in [0.2, 0.25) is 0 Å². The molecule has 2 aromatic rings. The zero-order valence-electron chi connectivity index (χ0n) is 11.2. The molecule has 98 valence electrons. The van der Waals surface area contributed by atoms with Crippen molar-refractivity contribution >= 4 is 5.91 Å². The van der Waals surface area contributed by atoms with E-state index in [9.17, 15) is 4.79 Å². The van der Waals surface area contributed by atoms with Crippen molar-refractivity contribution in [3.05, 3.63) is 60.2 Å². The fourth-order valence-electron chi connectivity index (χ4n) is 1.93. The van der Waals surface area contributed by atoms with E-state index in [0.29, 0.717) is 0 Å². The van der Waals surface area contributed by atoms with E-state index >= 15 is 0 Å². The van der Waals surface area contributed by atoms with Gasteiger partial charge in [-0.3, -0.25) is 4.79 Å². The molecule has 0 radical (unpaired) electrons. The Morgan fingerprint density at radius 1 is 0.947 bits per heavy atom. The molecule has 0 aliphatic rings. The number of rotatable bonds is 5. The number of amides is 1. The average Bonchev–Trinajstić information content (AvgIpc) is 2.48. The maximum absolute atomic E-state index is 11.9. The zero-order valence-corrected chi connectivity index (χ0v) is 11.2. The molecule has 1 amide bonds. The van der Waals surface area contributed by atoms with Gasteiger partial charge in [-0.2, -0.15) is 0 Å². The Morgan fingerprint density at radius 2 is 1.58 bits per heavy atom. The van der Waals surface area contributed by atoms with E-state index < -0.39 is 0 Å². The van der Waals surface area contributed by atoms with Gasteiger partial charge in [-0.05, 0) is 29.7 Å². The van der Waals surface area contributed by atoms with Crippen LogP contribution >= 0.6 is 0 Å². The third-order valence-corrected chi connectivity index (χ3v) is 3.07. The highest BCUT2D eigenvalue weighted by atomic mass is 16.1. The third-order valence-electron chi connectivity index (χ3n) is 3.07. The minimum absolute atomic E-state index is 0.00746. The lowest BCUT2D eigenvalue weighted by atomic mass is 10.0. The molecule has 0 fully saturated rings. The second kappa shape index (κ2) is 6.74. The molecule has 0 saturated carbocycles. The molecule has 2 aromatic carbocycles. The molecular formula is C17H19NO. The maximum atomic E-state index is 11.9. The highest BCUT2D eigenvalue weighted by Crippen LogP contribution is 2.19. The Bertz CT molecular complexity index is 517. The number of carbonyl (C=O) groups excluding carboxylic acids is 1. The van der Waals surface area contributed by atoms with E-state index in [1.807, 2.05) is 42.5 Å². The van der Waals surface area contributed by atoms with Crippen LogP contribution in [0.5, 0.6) is 0 Å². The molecule has 0 aromatic heterocycles. The molecule has 0 spiro atoms. The molecule has 0 bridgehead atoms. The van der Waals surface area contributed by atoms with Gasteiger partial charge in [0.2, 0.25) is 0 Å². The predicted octanol–water partition coefficient (Wildman–Crippen LogP) is 3.88. The first-order valence-electron chi connectivity index (χ1n) is 6.75. The van der Waals surface area contributed by atoms with Crippen LogP contribution in [0.1, 0.15) is 30.1 Å². The molecule has 0 atom stereocenters. The zero-order chi connectivity index (χ0) is 13.5. The Labute approximate surface area is 114 Å². The van der Waals surface area contributed by atoms with Gasteiger partial charge in [-0.1, -0.05) is 55.8 Å². The molecule has 0 heterocycles. The van der Waals surface area contributed by atoms with Crippen LogP contribution in [0, 0.1) is 0 Å². The molecule has 0 aliphatic heterocycles. The Kier molecular flexibility index (Phi) is 4.73. The van der Waals surface area contributed by atoms with E-state index in [1.165, 1.54) is 5.56 Å². The van der Waals surface area contributed by atoms with Crippen molar-refractivity contribution in [1.29, 1.82) is 0 Å². The fourth-order valence-corrected chi connectivity index (χ4v) is 1.93. The summed E-state index contributed by atoms with van der Waals surface area (Å²) in [7, 11) is 0. The number of hydrogen-bond donors (Lipinski definition) is 1. The molecule has 2 heteroatoms. The lowest BCUT2D eigenvalue weighted by Gasteiger charge is -2.06. The molecular weight excluding hydrogens is 234 g/mol. The van der Waals surface area contributed by atoms with Gasteiger partial charge in [0.25, 0.3) is 5.91 Å². The molecule has 19 heavy (non-hydrogen) atoms. The van der Waals surface area contributed by atoms with Crippen molar-refractivity contribution in [2.45, 2.75) is 19.8 Å². The van der Waals surface area contributed by atoms with Crippen LogP contribution in [0.3, 0.4) is 0 Å². The van der Waals surface area contributed by atoms with Crippen molar-refractivity contribution in [2.24, 2.45) is 0 Å². The van der Waals surface area contributed by atoms with E-state index in [0.717, 1.165) is 30.5 Å². The third kappa shape index (κ3) is 3.68. The largest absolute Gasteiger partial charge is 0.352 e. The molecule has 2 nitrogen and oxygen atoms in total. The molecule has 0 aliphatic carbocycles. The summed E-state index contributed by atoms with van der Waals surface area (Å²) in [5, 5.41) is 2.92. The average molecular weight is 253 g/mol. The van der Waals surface area contributed by atoms with Gasteiger partial charge < -0.3 is 5.32 Å². The maximum Gasteiger partial charge on any atom is 0.251 e. The van der Waals surface area contributed by atoms with E-state index in [1.54, 1.807) is 0 Å². The van der Waals surface area contributed by atoms with Gasteiger partial charge in [0.05, 0.1) is 0 Å². The lowest BCUT2D eigenvalue weighted by molar-refractivity contribution is 0.0953. The summed E-state index contributed by atoms with van der Waals surface area (Å²) in [6.07, 6.45) is 2.11. The summed E-state index contributed by atoms with van der Waals surface area (Å²) in [6, 6.07) is 17.9. The van der Waals surface area contributed by atoms with E-state index in [-0.39, 0.29) is 5.91 Å². The minimum atomic E-state index is 0.00746. The summed E-state index contributed by atoms with van der Waals surface area (Å²) >= 11 is 0. The van der Waals surface area contributed by atoms with E-state index in [4.69, 9.17) is 0 Å². The van der Waals surface area contributed by atoms with Crippen molar-refractivity contribution in [2.75, 3.05) is 6.54 Å². The fraction of sp³-hybridized carbons (Fsp3) is 0.235. The van der Waals surface area contributed by atoms with Crippen molar-refractivity contribution in [3.8, 4) is 11.1 Å². The van der Waals surface area contributed by atoms with Gasteiger partial charge in [0.15, 0.2) is 0 Å². The predicted molar refractivity (Wildman–Crippen MR) is 79.1 cm³/mol. The topological polar surface area (TPSA) is 29.1 Å². The summed E-state index contributed by atoms with van der Waals surface area (Å²) in [5.41, 5.74) is 3.02. The Hall–Kier alpha value is -2.09. The normalized spacial score (nSPS) is 10.2. The first-order valence-corrected chi connectivity index (χ1v) is 6.75. The van der Waals surface area contributed by atoms with Crippen LogP contribution in [0.15, 0.2) is 54.6 Å². The number of carbonyl (C=O) groups is 1. The van der Waals surface area contributed by atoms with Crippen molar-refractivity contribution in [3.63, 3.8) is 0 Å². The Balaban J connectivity index is 2.04. The van der Waals surface area contributed by atoms with Crippen molar-refractivity contribution < 1.29 is 4.79 Å². The van der Waals surface area contributed by atoms with E-state index in [2.05, 4.69) is 24.4 Å². The molecule has 2 rings (SSSR count). The van der Waals surface area contributed by atoms with Gasteiger partial charge in [-0.25, -0.2) is 0 Å². The molecule has 0 saturated heterocycles. The molecule has 1 N–H and O–H groups in total. The van der Waals surface area contributed by atoms with Gasteiger partial charge in [-0.15, -0.1) is 0 Å². The summed E-state index contributed by atoms with van der Waals surface area (Å²) in [6.45, 7) is 2.86. The van der Waals surface area contributed by atoms with Crippen LogP contribution in [0.25, 0.3) is 11.1 Å². The SMILES string of the molecule is CCCCNC(=O)c1ccc(-c2ccccc2)cc1. The van der Waals surface area contributed by atoms with Crippen molar-refractivity contribution in [1.82, 2.24) is 5.32 Å². The number of unbranched alkanes of at least 4 members (excludes halogenated alkanes) is 1. The second-order valence-corrected chi connectivity index (χ2v) is 4.55. The van der Waals surface area contributed by atoms with Crippen LogP contribution in [0.4, 0.5) is 0 Å². The highest BCUT2D eigenvalue weighted by molar-refractivity contribution is 5.94. The van der Waals surface area contributed by atoms with Gasteiger partial charge in [0.1, 0.15) is 0 Å². The standard InChI is InChI=1S/C17H19NO/c1-2-3-13-18-17(19)16-11-9-15(10-12-16)14-7-5-4-6-8-14/h4-12H,2-3,13H2,1H3,(H,18,19). The van der Waals surface area contributed by atoms with Crippen LogP contribution in [-0.4, -0.2) is 12.5 Å². The lowest BCUT2D eigenvalue weighted by Crippen LogP contribution is -2.24. The minimum Gasteiger partial charge on any atom is -0.352 e. The van der Waals surface area contributed by atoms with Crippen LogP contribution < -0.4 is 5.32 Å². The number of nitrogens with one attached hydrogen (secondary N) is 1. The number of hydrogen-bond acceptors (Lipinski definition) is 1. The van der Waals surface area contributed by atoms with Gasteiger partial charge >= 0.3 is 0 Å². The quantitative estimate of drug-likeness (QED) is 0.805. The Morgan fingerprint density at radius 3 is 2.21 bits per heavy atom. The van der Waals surface area contributed by atoms with Crippen LogP contribution in [-0.2, 0) is 0 Å². The summed E-state index contributed by atoms with van der Waals surface area (Å²) < 4.78 is 0.